The Morgan fingerprint density at radius 3 is 2.93 bits per heavy atom. The molecule has 0 radical (unpaired) electrons. The molecule has 3 aromatic heterocycles. The molecule has 0 aromatic carbocycles. The Morgan fingerprint density at radius 1 is 1.20 bits per heavy atom. The van der Waals surface area contributed by atoms with Crippen molar-refractivity contribution in [2.75, 3.05) is 0 Å². The fourth-order valence-electron chi connectivity index (χ4n) is 1.88. The Hall–Kier alpha value is -2.03. The van der Waals surface area contributed by atoms with Crippen molar-refractivity contribution in [1.82, 2.24) is 4.40 Å². The van der Waals surface area contributed by atoms with Crippen LogP contribution in [0.5, 0.6) is 0 Å². The third kappa shape index (κ3) is 1.09. The second-order valence-electron chi connectivity index (χ2n) is 3.58. The highest BCUT2D eigenvalue weighted by Crippen LogP contribution is 2.21. The van der Waals surface area contributed by atoms with Crippen molar-refractivity contribution in [3.63, 3.8) is 0 Å². The lowest BCUT2D eigenvalue weighted by Gasteiger charge is -1.97. The predicted molar refractivity (Wildman–Crippen MR) is 58.2 cm³/mol. The molecule has 3 rings (SSSR count). The van der Waals surface area contributed by atoms with Crippen LogP contribution < -0.4 is 5.63 Å². The van der Waals surface area contributed by atoms with Gasteiger partial charge in [0.05, 0.1) is 11.7 Å². The molecule has 0 bridgehead atoms. The summed E-state index contributed by atoms with van der Waals surface area (Å²) in [5.74, 6) is 0. The van der Waals surface area contributed by atoms with E-state index in [-0.39, 0.29) is 5.63 Å². The zero-order valence-corrected chi connectivity index (χ0v) is 8.23. The first-order chi connectivity index (χ1) is 7.25. The van der Waals surface area contributed by atoms with E-state index in [2.05, 4.69) is 0 Å². The van der Waals surface area contributed by atoms with Gasteiger partial charge < -0.3 is 8.82 Å². The van der Waals surface area contributed by atoms with Crippen molar-refractivity contribution in [2.24, 2.45) is 0 Å². The van der Waals surface area contributed by atoms with Crippen LogP contribution in [-0.4, -0.2) is 4.40 Å². The molecule has 15 heavy (non-hydrogen) atoms. The van der Waals surface area contributed by atoms with Gasteiger partial charge in [-0.2, -0.15) is 0 Å². The summed E-state index contributed by atoms with van der Waals surface area (Å²) < 4.78 is 7.15. The van der Waals surface area contributed by atoms with Gasteiger partial charge in [-0.3, -0.25) is 0 Å². The molecule has 0 saturated carbocycles. The number of aromatic nitrogens is 1. The third-order valence-corrected chi connectivity index (χ3v) is 2.62. The summed E-state index contributed by atoms with van der Waals surface area (Å²) in [7, 11) is 0. The molecule has 0 fully saturated rings. The maximum absolute atomic E-state index is 11.1. The molecule has 0 N–H and O–H groups in total. The number of fused-ring (bicyclic) bond motifs is 3. The molecule has 3 nitrogen and oxygen atoms in total. The van der Waals surface area contributed by atoms with Crippen LogP contribution in [0.3, 0.4) is 0 Å². The van der Waals surface area contributed by atoms with Crippen LogP contribution in [0.1, 0.15) is 5.69 Å². The molecule has 3 heteroatoms. The van der Waals surface area contributed by atoms with Gasteiger partial charge in [-0.25, -0.2) is 4.79 Å². The summed E-state index contributed by atoms with van der Waals surface area (Å²) in [5, 5.41) is 0.971. The number of hydrogen-bond acceptors (Lipinski definition) is 2. The van der Waals surface area contributed by atoms with E-state index in [4.69, 9.17) is 4.42 Å². The fraction of sp³-hybridized carbons (Fsp3) is 0.0833. The normalized spacial score (nSPS) is 11.3. The standard InChI is InChI=1S/C12H9NO2/c1-8-3-2-4-10-9-5-6-12(14)15-11(9)7-13(8)10/h2-7H,1H3. The predicted octanol–water partition coefficient (Wildman–Crippen LogP) is 2.35. The van der Waals surface area contributed by atoms with Gasteiger partial charge in [-0.1, -0.05) is 6.07 Å². The SMILES string of the molecule is Cc1cccc2c3ccc(=O)oc3cn12. The van der Waals surface area contributed by atoms with Crippen molar-refractivity contribution in [1.29, 1.82) is 0 Å². The van der Waals surface area contributed by atoms with Crippen molar-refractivity contribution in [3.05, 3.63) is 52.6 Å². The lowest BCUT2D eigenvalue weighted by molar-refractivity contribution is 0.561. The summed E-state index contributed by atoms with van der Waals surface area (Å²) >= 11 is 0. The highest BCUT2D eigenvalue weighted by atomic mass is 16.4. The van der Waals surface area contributed by atoms with Gasteiger partial charge in [0.15, 0.2) is 5.58 Å². The second-order valence-corrected chi connectivity index (χ2v) is 3.58. The molecule has 0 saturated heterocycles. The molecule has 0 atom stereocenters. The highest BCUT2D eigenvalue weighted by molar-refractivity contribution is 5.93. The average molecular weight is 199 g/mol. The Balaban J connectivity index is 2.63. The van der Waals surface area contributed by atoms with Gasteiger partial charge in [-0.15, -0.1) is 0 Å². The lowest BCUT2D eigenvalue weighted by atomic mass is 10.3. The molecular formula is C12H9NO2. The average Bonchev–Trinajstić information content (AvgIpc) is 2.57. The van der Waals surface area contributed by atoms with E-state index in [1.165, 1.54) is 6.07 Å². The van der Waals surface area contributed by atoms with Crippen LogP contribution in [0.2, 0.25) is 0 Å². The van der Waals surface area contributed by atoms with Crippen LogP contribution in [0.15, 0.2) is 45.7 Å². The van der Waals surface area contributed by atoms with Gasteiger partial charge in [0.2, 0.25) is 0 Å². The van der Waals surface area contributed by atoms with E-state index in [9.17, 15) is 4.79 Å². The van der Waals surface area contributed by atoms with Crippen LogP contribution >= 0.6 is 0 Å². The summed E-state index contributed by atoms with van der Waals surface area (Å²) in [4.78, 5) is 11.1. The molecule has 0 aliphatic rings. The first kappa shape index (κ1) is 8.29. The van der Waals surface area contributed by atoms with E-state index in [0.717, 1.165) is 16.6 Å². The first-order valence-corrected chi connectivity index (χ1v) is 4.76. The molecule has 0 aliphatic carbocycles. The number of pyridine rings is 1. The molecular weight excluding hydrogens is 190 g/mol. The Kier molecular flexibility index (Phi) is 1.51. The molecule has 74 valence electrons. The number of nitrogens with zero attached hydrogens (tertiary/aromatic N) is 1. The Morgan fingerprint density at radius 2 is 2.07 bits per heavy atom. The van der Waals surface area contributed by atoms with Crippen LogP contribution in [0.4, 0.5) is 0 Å². The molecule has 3 aromatic rings. The summed E-state index contributed by atoms with van der Waals surface area (Å²) in [6, 6.07) is 9.27. The van der Waals surface area contributed by atoms with Gasteiger partial charge >= 0.3 is 5.63 Å². The van der Waals surface area contributed by atoms with Crippen molar-refractivity contribution < 1.29 is 4.42 Å². The van der Waals surface area contributed by atoms with Crippen LogP contribution in [0, 0.1) is 6.92 Å². The molecule has 0 amide bonds. The molecule has 0 spiro atoms. The Bertz CT molecular complexity index is 706. The minimum absolute atomic E-state index is 0.309. The largest absolute Gasteiger partial charge is 0.421 e. The van der Waals surface area contributed by atoms with Crippen molar-refractivity contribution in [3.8, 4) is 0 Å². The number of rotatable bonds is 0. The van der Waals surface area contributed by atoms with Gasteiger partial charge in [-0.05, 0) is 25.1 Å². The zero-order chi connectivity index (χ0) is 10.4. The van der Waals surface area contributed by atoms with E-state index < -0.39 is 0 Å². The van der Waals surface area contributed by atoms with E-state index in [0.29, 0.717) is 5.58 Å². The summed E-state index contributed by atoms with van der Waals surface area (Å²) in [6.07, 6.45) is 1.85. The molecule has 3 heterocycles. The monoisotopic (exact) mass is 199 g/mol. The number of aryl methyl sites for hydroxylation is 1. The minimum Gasteiger partial charge on any atom is -0.421 e. The topological polar surface area (TPSA) is 34.6 Å². The first-order valence-electron chi connectivity index (χ1n) is 4.76. The molecule has 0 unspecified atom stereocenters. The Labute approximate surface area is 85.6 Å². The zero-order valence-electron chi connectivity index (χ0n) is 8.23. The maximum Gasteiger partial charge on any atom is 0.336 e. The van der Waals surface area contributed by atoms with Crippen molar-refractivity contribution in [2.45, 2.75) is 6.92 Å². The maximum atomic E-state index is 11.1. The van der Waals surface area contributed by atoms with Crippen LogP contribution in [0.25, 0.3) is 16.5 Å². The van der Waals surface area contributed by atoms with Gasteiger partial charge in [0, 0.05) is 17.1 Å². The fourth-order valence-corrected chi connectivity index (χ4v) is 1.88. The lowest BCUT2D eigenvalue weighted by Crippen LogP contribution is -1.92. The summed E-state index contributed by atoms with van der Waals surface area (Å²) in [6.45, 7) is 2.02. The van der Waals surface area contributed by atoms with Gasteiger partial charge in [0.1, 0.15) is 0 Å². The van der Waals surface area contributed by atoms with E-state index in [1.807, 2.05) is 35.7 Å². The van der Waals surface area contributed by atoms with E-state index in [1.54, 1.807) is 6.07 Å². The van der Waals surface area contributed by atoms with E-state index >= 15 is 0 Å². The number of hydrogen-bond donors (Lipinski definition) is 0. The highest BCUT2D eigenvalue weighted by Gasteiger charge is 2.05. The second kappa shape index (κ2) is 2.73. The van der Waals surface area contributed by atoms with Gasteiger partial charge in [0.25, 0.3) is 0 Å². The third-order valence-electron chi connectivity index (χ3n) is 2.62. The smallest absolute Gasteiger partial charge is 0.336 e. The minimum atomic E-state index is -0.309. The molecule has 0 aliphatic heterocycles. The quantitative estimate of drug-likeness (QED) is 0.557. The van der Waals surface area contributed by atoms with Crippen molar-refractivity contribution >= 4 is 16.5 Å². The van der Waals surface area contributed by atoms with Crippen LogP contribution in [-0.2, 0) is 0 Å². The summed E-state index contributed by atoms with van der Waals surface area (Å²) in [5.41, 5.74) is 2.51.